The number of aromatic nitrogens is 2. The summed E-state index contributed by atoms with van der Waals surface area (Å²) in [5, 5.41) is 0. The topological polar surface area (TPSA) is 50.6 Å². The van der Waals surface area contributed by atoms with Crippen molar-refractivity contribution in [3.8, 4) is 0 Å². The van der Waals surface area contributed by atoms with Gasteiger partial charge in [0.25, 0.3) is 0 Å². The van der Waals surface area contributed by atoms with Crippen molar-refractivity contribution in [3.05, 3.63) is 59.1 Å². The van der Waals surface area contributed by atoms with Crippen LogP contribution in [0.15, 0.2) is 58.4 Å². The second kappa shape index (κ2) is 6.89. The Bertz CT molecular complexity index is 878. The standard InChI is InChI=1S/C20H21FN4O/c1-13(2)26-15-3-5-16-17(6-4-15)24-20(16)18-9-19(23-12-22-18)25-8-7-14(10-21)11-25/h3-4,6,9,12-14H,7-8,10-11H2,1-2H3. The zero-order valence-electron chi connectivity index (χ0n) is 14.9. The molecule has 0 bridgehead atoms. The average Bonchev–Trinajstić information content (AvgIpc) is 3.04. The summed E-state index contributed by atoms with van der Waals surface area (Å²) in [6.07, 6.45) is 8.19. The van der Waals surface area contributed by atoms with Crippen molar-refractivity contribution in [1.82, 2.24) is 9.97 Å². The summed E-state index contributed by atoms with van der Waals surface area (Å²) in [7, 11) is 0. The first-order valence-electron chi connectivity index (χ1n) is 8.92. The predicted molar refractivity (Wildman–Crippen MR) is 98.8 cm³/mol. The molecular formula is C20H21FN4O. The number of aliphatic imine (C=N–C) groups is 1. The number of hydrogen-bond acceptors (Lipinski definition) is 5. The van der Waals surface area contributed by atoms with E-state index in [2.05, 4.69) is 25.6 Å². The number of ether oxygens (including phenoxy) is 1. The van der Waals surface area contributed by atoms with Crippen molar-refractivity contribution in [2.45, 2.75) is 26.4 Å². The van der Waals surface area contributed by atoms with Crippen molar-refractivity contribution in [3.63, 3.8) is 0 Å². The highest BCUT2D eigenvalue weighted by Crippen LogP contribution is 2.31. The number of rotatable bonds is 5. The van der Waals surface area contributed by atoms with Gasteiger partial charge in [0.1, 0.15) is 23.6 Å². The number of nitrogens with zero attached hydrogens (tertiary/aromatic N) is 4. The Kier molecular flexibility index (Phi) is 4.43. The van der Waals surface area contributed by atoms with Gasteiger partial charge in [0, 0.05) is 31.1 Å². The van der Waals surface area contributed by atoms with Gasteiger partial charge in [-0.2, -0.15) is 0 Å². The van der Waals surface area contributed by atoms with Gasteiger partial charge < -0.3 is 9.64 Å². The molecule has 3 aliphatic rings. The van der Waals surface area contributed by atoms with Crippen LogP contribution in [0.25, 0.3) is 0 Å². The highest BCUT2D eigenvalue weighted by Gasteiger charge is 2.28. The predicted octanol–water partition coefficient (Wildman–Crippen LogP) is 3.36. The fourth-order valence-corrected chi connectivity index (χ4v) is 3.26. The van der Waals surface area contributed by atoms with E-state index in [4.69, 9.17) is 4.74 Å². The van der Waals surface area contributed by atoms with Crippen LogP contribution >= 0.6 is 0 Å². The van der Waals surface area contributed by atoms with Crippen molar-refractivity contribution < 1.29 is 9.13 Å². The Morgan fingerprint density at radius 3 is 3.00 bits per heavy atom. The summed E-state index contributed by atoms with van der Waals surface area (Å²) in [5.41, 5.74) is 6.63. The van der Waals surface area contributed by atoms with E-state index < -0.39 is 0 Å². The highest BCUT2D eigenvalue weighted by molar-refractivity contribution is 6.19. The Labute approximate surface area is 152 Å². The first kappa shape index (κ1) is 16.7. The Morgan fingerprint density at radius 1 is 1.35 bits per heavy atom. The van der Waals surface area contributed by atoms with Crippen molar-refractivity contribution >= 4 is 11.5 Å². The number of halogens is 1. The molecule has 0 N–H and O–H groups in total. The first-order chi connectivity index (χ1) is 12.6. The minimum Gasteiger partial charge on any atom is -0.490 e. The van der Waals surface area contributed by atoms with E-state index in [1.165, 1.54) is 0 Å². The number of fused-ring (bicyclic) bond motifs is 1. The third-order valence-electron chi connectivity index (χ3n) is 4.58. The lowest BCUT2D eigenvalue weighted by Crippen LogP contribution is -2.23. The van der Waals surface area contributed by atoms with Crippen LogP contribution in [-0.2, 0) is 4.74 Å². The van der Waals surface area contributed by atoms with Crippen molar-refractivity contribution in [2.75, 3.05) is 24.7 Å². The summed E-state index contributed by atoms with van der Waals surface area (Å²) in [6, 6.07) is 1.93. The number of allylic oxidation sites excluding steroid dienone is 4. The largest absolute Gasteiger partial charge is 0.490 e. The molecule has 5 nitrogen and oxygen atoms in total. The summed E-state index contributed by atoms with van der Waals surface area (Å²) in [4.78, 5) is 15.4. The Hall–Kier alpha value is -2.72. The third kappa shape index (κ3) is 3.20. The van der Waals surface area contributed by atoms with E-state index in [9.17, 15) is 4.39 Å². The molecule has 4 rings (SSSR count). The van der Waals surface area contributed by atoms with Gasteiger partial charge in [-0.3, -0.25) is 4.39 Å². The van der Waals surface area contributed by atoms with Crippen LogP contribution in [0, 0.1) is 5.92 Å². The minimum absolute atomic E-state index is 0.0990. The Morgan fingerprint density at radius 2 is 2.23 bits per heavy atom. The molecule has 1 fully saturated rings. The summed E-state index contributed by atoms with van der Waals surface area (Å²) in [6.45, 7) is 5.23. The highest BCUT2D eigenvalue weighted by atomic mass is 19.1. The average molecular weight is 352 g/mol. The van der Waals surface area contributed by atoms with Crippen molar-refractivity contribution in [1.29, 1.82) is 0 Å². The van der Waals surface area contributed by atoms with E-state index in [-0.39, 0.29) is 18.7 Å². The van der Waals surface area contributed by atoms with Crippen LogP contribution in [0.5, 0.6) is 0 Å². The van der Waals surface area contributed by atoms with Gasteiger partial charge in [-0.1, -0.05) is 0 Å². The van der Waals surface area contributed by atoms with Crippen LogP contribution in [0.4, 0.5) is 10.2 Å². The van der Waals surface area contributed by atoms with Gasteiger partial charge >= 0.3 is 0 Å². The fraction of sp³-hybridized carbons (Fsp3) is 0.400. The summed E-state index contributed by atoms with van der Waals surface area (Å²) >= 11 is 0. The molecular weight excluding hydrogens is 331 g/mol. The minimum atomic E-state index is -0.277. The number of alkyl halides is 1. The molecule has 3 heterocycles. The summed E-state index contributed by atoms with van der Waals surface area (Å²) < 4.78 is 18.6. The smallest absolute Gasteiger partial charge is 0.132 e. The molecule has 1 saturated heterocycles. The number of hydrogen-bond donors (Lipinski definition) is 0. The second-order valence-electron chi connectivity index (χ2n) is 6.93. The monoisotopic (exact) mass is 352 g/mol. The maximum atomic E-state index is 12.9. The lowest BCUT2D eigenvalue weighted by Gasteiger charge is -2.21. The van der Waals surface area contributed by atoms with E-state index in [0.717, 1.165) is 47.2 Å². The van der Waals surface area contributed by atoms with E-state index in [1.54, 1.807) is 6.33 Å². The van der Waals surface area contributed by atoms with E-state index in [1.807, 2.05) is 38.1 Å². The van der Waals surface area contributed by atoms with Gasteiger partial charge in [0.15, 0.2) is 0 Å². The maximum absolute atomic E-state index is 12.9. The quantitative estimate of drug-likeness (QED) is 0.763. The van der Waals surface area contributed by atoms with Gasteiger partial charge in [0.05, 0.1) is 29.7 Å². The maximum Gasteiger partial charge on any atom is 0.132 e. The fourth-order valence-electron chi connectivity index (χ4n) is 3.26. The molecule has 6 heteroatoms. The molecule has 1 aliphatic carbocycles. The first-order valence-corrected chi connectivity index (χ1v) is 8.92. The molecule has 26 heavy (non-hydrogen) atoms. The molecule has 134 valence electrons. The van der Waals surface area contributed by atoms with Crippen LogP contribution in [0.2, 0.25) is 0 Å². The molecule has 0 aromatic carbocycles. The van der Waals surface area contributed by atoms with E-state index >= 15 is 0 Å². The molecule has 0 saturated carbocycles. The van der Waals surface area contributed by atoms with Crippen LogP contribution in [0.3, 0.4) is 0 Å². The van der Waals surface area contributed by atoms with Gasteiger partial charge in [-0.15, -0.1) is 5.73 Å². The zero-order valence-corrected chi connectivity index (χ0v) is 14.9. The van der Waals surface area contributed by atoms with Gasteiger partial charge in [0.2, 0.25) is 0 Å². The van der Waals surface area contributed by atoms with E-state index in [0.29, 0.717) is 6.54 Å². The Balaban J connectivity index is 1.57. The lowest BCUT2D eigenvalue weighted by molar-refractivity contribution is 0.158. The van der Waals surface area contributed by atoms with Crippen LogP contribution in [0.1, 0.15) is 26.0 Å². The molecule has 1 atom stereocenters. The third-order valence-corrected chi connectivity index (χ3v) is 4.58. The lowest BCUT2D eigenvalue weighted by atomic mass is 9.98. The molecule has 1 aromatic heterocycles. The SMILES string of the molecule is CC(C)OC1=CC=C2N=C(c3cc(N4CCC(CF)C4)ncn3)C2=C=C1. The van der Waals surface area contributed by atoms with Crippen molar-refractivity contribution in [2.24, 2.45) is 10.9 Å². The van der Waals surface area contributed by atoms with Gasteiger partial charge in [-0.05, 0) is 32.4 Å². The molecule has 0 amide bonds. The van der Waals surface area contributed by atoms with Crippen LogP contribution in [-0.4, -0.2) is 41.5 Å². The molecule has 1 aromatic rings. The zero-order chi connectivity index (χ0) is 18.1. The van der Waals surface area contributed by atoms with Crippen LogP contribution < -0.4 is 4.90 Å². The molecule has 0 radical (unpaired) electrons. The van der Waals surface area contributed by atoms with Gasteiger partial charge in [-0.25, -0.2) is 15.0 Å². The number of anilines is 1. The molecule has 2 aliphatic heterocycles. The summed E-state index contributed by atoms with van der Waals surface area (Å²) in [5.74, 6) is 1.69. The molecule has 0 spiro atoms. The second-order valence-corrected chi connectivity index (χ2v) is 6.93. The normalized spacial score (nSPS) is 21.4. The molecule has 1 unspecified atom stereocenters.